The highest BCUT2D eigenvalue weighted by Gasteiger charge is 2.29. The van der Waals surface area contributed by atoms with Gasteiger partial charge in [0.05, 0.1) is 6.54 Å². The third-order valence-electron chi connectivity index (χ3n) is 6.10. The largest absolute Gasteiger partial charge is 0.481 e. The van der Waals surface area contributed by atoms with Crippen molar-refractivity contribution in [3.63, 3.8) is 0 Å². The van der Waals surface area contributed by atoms with Crippen LogP contribution in [-0.4, -0.2) is 41.2 Å². The van der Waals surface area contributed by atoms with Crippen molar-refractivity contribution in [1.29, 1.82) is 0 Å². The number of carboxylic acid groups (broad SMARTS) is 1. The van der Waals surface area contributed by atoms with Gasteiger partial charge in [-0.25, -0.2) is 9.78 Å². The molecule has 1 unspecified atom stereocenters. The average Bonchev–Trinajstić information content (AvgIpc) is 3.46. The number of ether oxygens (including phenoxy) is 1. The van der Waals surface area contributed by atoms with Gasteiger partial charge in [-0.3, -0.25) is 9.59 Å². The quantitative estimate of drug-likeness (QED) is 0.385. The fourth-order valence-corrected chi connectivity index (χ4v) is 4.94. The molecule has 4 rings (SSSR count). The van der Waals surface area contributed by atoms with Crippen LogP contribution in [0.2, 0.25) is 0 Å². The number of carboxylic acids is 1. The minimum absolute atomic E-state index is 0.00313. The smallest absolute Gasteiger partial charge is 0.407 e. The topological polar surface area (TPSA) is 118 Å². The van der Waals surface area contributed by atoms with E-state index in [1.165, 1.54) is 22.5 Å². The van der Waals surface area contributed by atoms with Gasteiger partial charge < -0.3 is 20.5 Å². The van der Waals surface area contributed by atoms with Crippen molar-refractivity contribution < 1.29 is 24.2 Å². The fourth-order valence-electron chi connectivity index (χ4n) is 4.23. The van der Waals surface area contributed by atoms with Crippen LogP contribution in [0.25, 0.3) is 11.1 Å². The summed E-state index contributed by atoms with van der Waals surface area (Å²) < 4.78 is 5.52. The summed E-state index contributed by atoms with van der Waals surface area (Å²) in [5, 5.41) is 16.5. The summed E-state index contributed by atoms with van der Waals surface area (Å²) in [6.07, 6.45) is 0.106. The number of carbonyl (C=O) groups excluding carboxylic acids is 2. The van der Waals surface area contributed by atoms with Gasteiger partial charge in [0.2, 0.25) is 0 Å². The van der Waals surface area contributed by atoms with Gasteiger partial charge in [0, 0.05) is 24.3 Å². The highest BCUT2D eigenvalue weighted by molar-refractivity contribution is 7.09. The molecule has 1 aliphatic rings. The van der Waals surface area contributed by atoms with E-state index in [2.05, 4.69) is 39.9 Å². The number of hydrogen-bond acceptors (Lipinski definition) is 6. The number of alkyl carbamates (subject to hydrolysis) is 1. The van der Waals surface area contributed by atoms with E-state index < -0.39 is 12.1 Å². The molecule has 0 bridgehead atoms. The van der Waals surface area contributed by atoms with Crippen molar-refractivity contribution in [3.05, 3.63) is 75.7 Å². The Kier molecular flexibility index (Phi) is 7.77. The van der Waals surface area contributed by atoms with Crippen molar-refractivity contribution in [2.75, 3.05) is 13.2 Å². The van der Waals surface area contributed by atoms with Gasteiger partial charge in [-0.2, -0.15) is 0 Å². The van der Waals surface area contributed by atoms with Crippen LogP contribution in [0.1, 0.15) is 52.3 Å². The first kappa shape index (κ1) is 24.4. The summed E-state index contributed by atoms with van der Waals surface area (Å²) in [4.78, 5) is 39.8. The lowest BCUT2D eigenvalue weighted by atomic mass is 9.98. The average molecular weight is 494 g/mol. The Bertz CT molecular complexity index is 1180. The Hall–Kier alpha value is -3.72. The van der Waals surface area contributed by atoms with Gasteiger partial charge in [0.1, 0.15) is 17.3 Å². The lowest BCUT2D eigenvalue weighted by Crippen LogP contribution is -2.30. The SMILES string of the molecule is CCC(CNC(=O)c1csc(CNC(=O)OCC2c3ccccc3-c3ccccc32)n1)CC(=O)O. The van der Waals surface area contributed by atoms with Gasteiger partial charge in [-0.05, 0) is 28.2 Å². The van der Waals surface area contributed by atoms with Crippen LogP contribution in [0.4, 0.5) is 4.79 Å². The van der Waals surface area contributed by atoms with Gasteiger partial charge in [0.15, 0.2) is 0 Å². The molecule has 35 heavy (non-hydrogen) atoms. The van der Waals surface area contributed by atoms with Crippen LogP contribution in [0.15, 0.2) is 53.9 Å². The molecule has 9 heteroatoms. The molecule has 1 aromatic heterocycles. The molecule has 3 aromatic rings. The van der Waals surface area contributed by atoms with E-state index in [-0.39, 0.29) is 49.6 Å². The molecule has 3 N–H and O–H groups in total. The zero-order chi connectivity index (χ0) is 24.8. The number of benzene rings is 2. The van der Waals surface area contributed by atoms with E-state index in [4.69, 9.17) is 9.84 Å². The summed E-state index contributed by atoms with van der Waals surface area (Å²) in [5.41, 5.74) is 4.86. The number of nitrogens with one attached hydrogen (secondary N) is 2. The number of fused-ring (bicyclic) bond motifs is 3. The Balaban J connectivity index is 1.26. The van der Waals surface area contributed by atoms with Gasteiger partial charge in [-0.15, -0.1) is 11.3 Å². The Morgan fingerprint density at radius 2 is 1.71 bits per heavy atom. The standard InChI is InChI=1S/C26H27N3O5S/c1-2-16(11-24(30)31)12-27-25(32)22-15-35-23(29-22)13-28-26(33)34-14-21-19-9-5-3-7-17(19)18-8-4-6-10-20(18)21/h3-10,15-16,21H,2,11-14H2,1H3,(H,27,32)(H,28,33)(H,30,31). The predicted octanol–water partition coefficient (Wildman–Crippen LogP) is 4.41. The van der Waals surface area contributed by atoms with E-state index >= 15 is 0 Å². The second kappa shape index (κ2) is 11.1. The van der Waals surface area contributed by atoms with Crippen LogP contribution in [0, 0.1) is 5.92 Å². The van der Waals surface area contributed by atoms with Crippen molar-refractivity contribution >= 4 is 29.3 Å². The van der Waals surface area contributed by atoms with Crippen LogP contribution >= 0.6 is 11.3 Å². The zero-order valence-corrected chi connectivity index (χ0v) is 20.1. The molecule has 182 valence electrons. The summed E-state index contributed by atoms with van der Waals surface area (Å²) in [7, 11) is 0. The normalized spacial score (nSPS) is 12.9. The molecule has 0 saturated heterocycles. The van der Waals surface area contributed by atoms with Crippen LogP contribution in [0.3, 0.4) is 0 Å². The number of aromatic nitrogens is 1. The molecule has 1 aliphatic carbocycles. The van der Waals surface area contributed by atoms with E-state index in [1.807, 2.05) is 31.2 Å². The number of thiazole rings is 1. The number of rotatable bonds is 10. The lowest BCUT2D eigenvalue weighted by molar-refractivity contribution is -0.138. The number of hydrogen-bond donors (Lipinski definition) is 3. The number of nitrogens with zero attached hydrogens (tertiary/aromatic N) is 1. The summed E-state index contributed by atoms with van der Waals surface area (Å²) in [5.74, 6) is -1.40. The van der Waals surface area contributed by atoms with Crippen molar-refractivity contribution in [2.45, 2.75) is 32.2 Å². The maximum Gasteiger partial charge on any atom is 0.407 e. The molecule has 1 heterocycles. The van der Waals surface area contributed by atoms with Gasteiger partial charge >= 0.3 is 12.1 Å². The summed E-state index contributed by atoms with van der Waals surface area (Å²) in [6.45, 7) is 2.52. The maximum absolute atomic E-state index is 12.4. The second-order valence-electron chi connectivity index (χ2n) is 8.39. The first-order valence-corrected chi connectivity index (χ1v) is 12.4. The summed E-state index contributed by atoms with van der Waals surface area (Å²) in [6, 6.07) is 16.3. The van der Waals surface area contributed by atoms with Crippen LogP contribution < -0.4 is 10.6 Å². The molecule has 1 atom stereocenters. The van der Waals surface area contributed by atoms with Crippen molar-refractivity contribution in [2.24, 2.45) is 5.92 Å². The molecule has 0 radical (unpaired) electrons. The van der Waals surface area contributed by atoms with Crippen LogP contribution in [-0.2, 0) is 16.1 Å². The molecule has 0 spiro atoms. The van der Waals surface area contributed by atoms with Crippen molar-refractivity contribution in [1.82, 2.24) is 15.6 Å². The third-order valence-corrected chi connectivity index (χ3v) is 6.95. The monoisotopic (exact) mass is 493 g/mol. The Morgan fingerprint density at radius 1 is 1.06 bits per heavy atom. The molecule has 2 aromatic carbocycles. The lowest BCUT2D eigenvalue weighted by Gasteiger charge is -2.14. The zero-order valence-electron chi connectivity index (χ0n) is 19.3. The molecule has 0 aliphatic heterocycles. The van der Waals surface area contributed by atoms with Crippen LogP contribution in [0.5, 0.6) is 0 Å². The maximum atomic E-state index is 12.4. The van der Waals surface area contributed by atoms with E-state index in [0.717, 1.165) is 11.1 Å². The van der Waals surface area contributed by atoms with E-state index in [0.29, 0.717) is 11.4 Å². The Morgan fingerprint density at radius 3 is 2.34 bits per heavy atom. The minimum Gasteiger partial charge on any atom is -0.481 e. The third kappa shape index (κ3) is 5.86. The highest BCUT2D eigenvalue weighted by atomic mass is 32.1. The second-order valence-corrected chi connectivity index (χ2v) is 9.33. The molecule has 0 fully saturated rings. The molecule has 0 saturated carbocycles. The number of aliphatic carboxylic acids is 1. The molecular formula is C26H27N3O5S. The minimum atomic E-state index is -0.888. The summed E-state index contributed by atoms with van der Waals surface area (Å²) >= 11 is 1.26. The predicted molar refractivity (Wildman–Crippen MR) is 132 cm³/mol. The fraction of sp³-hybridized carbons (Fsp3) is 0.308. The molecule has 2 amide bonds. The number of carbonyl (C=O) groups is 3. The van der Waals surface area contributed by atoms with Gasteiger partial charge in [0.25, 0.3) is 5.91 Å². The van der Waals surface area contributed by atoms with Crippen molar-refractivity contribution in [3.8, 4) is 11.1 Å². The first-order valence-electron chi connectivity index (χ1n) is 11.5. The van der Waals surface area contributed by atoms with Gasteiger partial charge in [-0.1, -0.05) is 61.9 Å². The Labute approximate surface area is 207 Å². The molecular weight excluding hydrogens is 466 g/mol. The van der Waals surface area contributed by atoms with E-state index in [9.17, 15) is 14.4 Å². The first-order chi connectivity index (χ1) is 17.0. The van der Waals surface area contributed by atoms with E-state index in [1.54, 1.807) is 5.38 Å². The molecule has 8 nitrogen and oxygen atoms in total. The highest BCUT2D eigenvalue weighted by Crippen LogP contribution is 2.44. The number of amides is 2.